The first-order valence-corrected chi connectivity index (χ1v) is 0.651. The second-order valence-corrected chi connectivity index (χ2v) is 0.283. The molecule has 5 N–H and O–H groups in total. The zero-order valence-corrected chi connectivity index (χ0v) is 3.73. The summed E-state index contributed by atoms with van der Waals surface area (Å²) in [5, 5.41) is 13.9. The Morgan fingerprint density at radius 1 is 1.29 bits per heavy atom. The van der Waals surface area contributed by atoms with Gasteiger partial charge in [0.1, 0.15) is 0 Å². The van der Waals surface area contributed by atoms with Crippen LogP contribution in [0.5, 0.6) is 0 Å². The van der Waals surface area contributed by atoms with Crippen LogP contribution < -0.4 is 6.15 Å². The summed E-state index contributed by atoms with van der Waals surface area (Å²) in [6, 6.07) is 0. The van der Waals surface area contributed by atoms with Crippen molar-refractivity contribution in [2.45, 2.75) is 0 Å². The Balaban J connectivity index is -0.0000000150. The van der Waals surface area contributed by atoms with E-state index in [1.54, 1.807) is 0 Å². The van der Waals surface area contributed by atoms with Crippen molar-refractivity contribution in [2.24, 2.45) is 0 Å². The van der Waals surface area contributed by atoms with E-state index in [-0.39, 0.29) is 35.9 Å². The lowest BCUT2D eigenvalue weighted by Crippen LogP contribution is -1.81. The Morgan fingerprint density at radius 3 is 1.29 bits per heavy atom. The molecule has 0 saturated carbocycles. The van der Waals surface area contributed by atoms with Crippen LogP contribution in [0, 0.1) is 0 Å². The molecule has 0 spiro atoms. The van der Waals surface area contributed by atoms with Gasteiger partial charge in [-0.05, 0) is 0 Å². The van der Waals surface area contributed by atoms with E-state index in [9.17, 15) is 0 Å². The molecule has 7 heavy (non-hydrogen) atoms. The summed E-state index contributed by atoms with van der Waals surface area (Å²) in [5.41, 5.74) is 0. The highest BCUT2D eigenvalue weighted by molar-refractivity contribution is 5.85. The van der Waals surface area contributed by atoms with Gasteiger partial charge >= 0.3 is 6.16 Å². The van der Waals surface area contributed by atoms with Crippen molar-refractivity contribution in [2.75, 3.05) is 0 Å². The van der Waals surface area contributed by atoms with Gasteiger partial charge in [0.25, 0.3) is 0 Å². The van der Waals surface area contributed by atoms with Crippen LogP contribution in [0.15, 0.2) is 0 Å². The minimum Gasteiger partial charge on any atom is -0.450 e. The van der Waals surface area contributed by atoms with Crippen LogP contribution in [0.25, 0.3) is 0 Å². The minimum atomic E-state index is -1.83. The van der Waals surface area contributed by atoms with E-state index in [2.05, 4.69) is 0 Å². The molecule has 0 rings (SSSR count). The van der Waals surface area contributed by atoms with Crippen molar-refractivity contribution in [3.05, 3.63) is 0 Å². The lowest BCUT2D eigenvalue weighted by molar-refractivity contribution is 0.137. The van der Waals surface area contributed by atoms with Crippen LogP contribution in [-0.2, 0) is 0 Å². The quantitative estimate of drug-likeness (QED) is 0.405. The fourth-order valence-electron chi connectivity index (χ4n) is 0. The molecule has 0 heterocycles. The maximum atomic E-state index is 8.56. The molecular formula is CH9AlClNO3. The van der Waals surface area contributed by atoms with Crippen LogP contribution in [0.1, 0.15) is 0 Å². The molecule has 0 amide bonds. The Hall–Kier alpha value is 0.0525. The van der Waals surface area contributed by atoms with Gasteiger partial charge in [0.2, 0.25) is 0 Å². The Labute approximate surface area is 57.7 Å². The Kier molecular flexibility index (Phi) is 65.7. The van der Waals surface area contributed by atoms with Gasteiger partial charge in [0.15, 0.2) is 17.4 Å². The van der Waals surface area contributed by atoms with E-state index >= 15 is 0 Å². The summed E-state index contributed by atoms with van der Waals surface area (Å²) in [4.78, 5) is 8.56. The van der Waals surface area contributed by atoms with Gasteiger partial charge in [-0.15, -0.1) is 12.4 Å². The molecule has 0 bridgehead atoms. The Bertz CT molecular complexity index is 37.9. The first kappa shape index (κ1) is 27.7. The fourth-order valence-corrected chi connectivity index (χ4v) is 0. The standard InChI is InChI=1S/CH2O3.Al.ClH.H3N.3H/c2-1(3)4;;;;;;/h(H2,2,3,4);;1H;1H3;;;. The summed E-state index contributed by atoms with van der Waals surface area (Å²) in [6.45, 7) is 0. The van der Waals surface area contributed by atoms with Crippen LogP contribution in [-0.4, -0.2) is 33.7 Å². The first-order chi connectivity index (χ1) is 1.73. The van der Waals surface area contributed by atoms with Crippen molar-refractivity contribution >= 4 is 35.9 Å². The number of halogens is 1. The summed E-state index contributed by atoms with van der Waals surface area (Å²) >= 11 is 0. The monoisotopic (exact) mass is 145 g/mol. The normalized spacial score (nSPS) is 3.43. The van der Waals surface area contributed by atoms with Crippen molar-refractivity contribution in [3.63, 3.8) is 0 Å². The average molecular weight is 146 g/mol. The van der Waals surface area contributed by atoms with Gasteiger partial charge in [-0.1, -0.05) is 0 Å². The zero-order valence-electron chi connectivity index (χ0n) is 2.92. The predicted octanol–water partition coefficient (Wildman–Crippen LogP) is -0.378. The molecule has 0 aliphatic heterocycles. The molecule has 0 atom stereocenters. The second-order valence-electron chi connectivity index (χ2n) is 0.283. The smallest absolute Gasteiger partial charge is 0.450 e. The fraction of sp³-hybridized carbons (Fsp3) is 0. The summed E-state index contributed by atoms with van der Waals surface area (Å²) in [7, 11) is 0. The lowest BCUT2D eigenvalue weighted by Gasteiger charge is -1.60. The first-order valence-electron chi connectivity index (χ1n) is 0.651. The summed E-state index contributed by atoms with van der Waals surface area (Å²) < 4.78 is 0. The maximum Gasteiger partial charge on any atom is 0.503 e. The van der Waals surface area contributed by atoms with Crippen LogP contribution in [0.2, 0.25) is 0 Å². The van der Waals surface area contributed by atoms with Gasteiger partial charge in [-0.25, -0.2) is 4.79 Å². The third-order valence-corrected chi connectivity index (χ3v) is 0. The van der Waals surface area contributed by atoms with Gasteiger partial charge in [-0.3, -0.25) is 0 Å². The van der Waals surface area contributed by atoms with Crippen molar-refractivity contribution in [1.82, 2.24) is 6.15 Å². The number of rotatable bonds is 0. The zero-order chi connectivity index (χ0) is 3.58. The van der Waals surface area contributed by atoms with Crippen molar-refractivity contribution in [3.8, 4) is 0 Å². The number of carboxylic acid groups (broad SMARTS) is 2. The highest BCUT2D eigenvalue weighted by Gasteiger charge is 1.70. The van der Waals surface area contributed by atoms with Gasteiger partial charge < -0.3 is 16.4 Å². The average Bonchev–Trinajstić information content (AvgIpc) is 0.811. The molecule has 4 nitrogen and oxygen atoms in total. The van der Waals surface area contributed by atoms with Gasteiger partial charge in [-0.2, -0.15) is 0 Å². The lowest BCUT2D eigenvalue weighted by atomic mass is 11.5. The van der Waals surface area contributed by atoms with Crippen molar-refractivity contribution < 1.29 is 15.0 Å². The maximum absolute atomic E-state index is 8.56. The molecule has 0 saturated heterocycles. The molecule has 0 fully saturated rings. The van der Waals surface area contributed by atoms with Crippen molar-refractivity contribution in [1.29, 1.82) is 0 Å². The molecule has 0 aromatic heterocycles. The molecule has 0 radical (unpaired) electrons. The summed E-state index contributed by atoms with van der Waals surface area (Å²) in [5.74, 6) is 0. The molecule has 46 valence electrons. The van der Waals surface area contributed by atoms with Crippen LogP contribution in [0.3, 0.4) is 0 Å². The number of hydrogen-bond donors (Lipinski definition) is 3. The second kappa shape index (κ2) is 16.6. The molecule has 6 heteroatoms. The topological polar surface area (TPSA) is 92.5 Å². The number of carbonyl (C=O) groups is 1. The summed E-state index contributed by atoms with van der Waals surface area (Å²) in [6.07, 6.45) is -1.83. The van der Waals surface area contributed by atoms with E-state index in [0.717, 1.165) is 0 Å². The SMILES string of the molecule is Cl.N.O=C(O)O.[AlH3]. The molecule has 0 aliphatic rings. The third-order valence-electron chi connectivity index (χ3n) is 0. The van der Waals surface area contributed by atoms with E-state index in [1.807, 2.05) is 0 Å². The highest BCUT2D eigenvalue weighted by Crippen LogP contribution is 1.42. The van der Waals surface area contributed by atoms with E-state index < -0.39 is 6.16 Å². The van der Waals surface area contributed by atoms with Crippen LogP contribution in [0.4, 0.5) is 4.79 Å². The van der Waals surface area contributed by atoms with E-state index in [1.165, 1.54) is 0 Å². The Morgan fingerprint density at radius 2 is 1.29 bits per heavy atom. The van der Waals surface area contributed by atoms with Crippen LogP contribution >= 0.6 is 12.4 Å². The van der Waals surface area contributed by atoms with E-state index in [0.29, 0.717) is 0 Å². The van der Waals surface area contributed by atoms with Gasteiger partial charge in [0.05, 0.1) is 0 Å². The molecule has 0 aliphatic carbocycles. The molecular weight excluding hydrogens is 136 g/mol. The highest BCUT2D eigenvalue weighted by atomic mass is 35.5. The van der Waals surface area contributed by atoms with Gasteiger partial charge in [0, 0.05) is 0 Å². The molecule has 0 aromatic carbocycles. The van der Waals surface area contributed by atoms with E-state index in [4.69, 9.17) is 15.0 Å². The number of hydrogen-bond acceptors (Lipinski definition) is 2. The molecule has 0 unspecified atom stereocenters. The third kappa shape index (κ3) is 36100. The predicted molar refractivity (Wildman–Crippen MR) is 32.9 cm³/mol. The minimum absolute atomic E-state index is 0. The largest absolute Gasteiger partial charge is 0.503 e. The molecule has 0 aromatic rings.